The van der Waals surface area contributed by atoms with Crippen LogP contribution < -0.4 is 4.72 Å². The Hall–Kier alpha value is -1.62. The van der Waals surface area contributed by atoms with Gasteiger partial charge in [-0.2, -0.15) is 5.26 Å². The molecule has 108 valence electrons. The summed E-state index contributed by atoms with van der Waals surface area (Å²) in [7, 11) is -4.08. The molecule has 4 nitrogen and oxygen atoms in total. The van der Waals surface area contributed by atoms with E-state index in [4.69, 9.17) is 16.9 Å². The van der Waals surface area contributed by atoms with E-state index in [0.29, 0.717) is 4.47 Å². The molecule has 0 spiro atoms. The number of sulfonamides is 1. The van der Waals surface area contributed by atoms with E-state index in [2.05, 4.69) is 20.7 Å². The van der Waals surface area contributed by atoms with Gasteiger partial charge in [-0.3, -0.25) is 4.72 Å². The number of benzene rings is 2. The summed E-state index contributed by atoms with van der Waals surface area (Å²) in [6.45, 7) is 0. The van der Waals surface area contributed by atoms with Gasteiger partial charge >= 0.3 is 0 Å². The van der Waals surface area contributed by atoms with Gasteiger partial charge in [0.25, 0.3) is 10.0 Å². The molecule has 21 heavy (non-hydrogen) atoms. The van der Waals surface area contributed by atoms with Gasteiger partial charge in [0, 0.05) is 4.47 Å². The number of rotatable bonds is 3. The summed E-state index contributed by atoms with van der Waals surface area (Å²) in [5.41, 5.74) is 0.357. The van der Waals surface area contributed by atoms with Crippen LogP contribution in [0.3, 0.4) is 0 Å². The van der Waals surface area contributed by atoms with Gasteiger partial charge in [0.2, 0.25) is 0 Å². The summed E-state index contributed by atoms with van der Waals surface area (Å²) in [5, 5.41) is 8.86. The molecule has 1 N–H and O–H groups in total. The van der Waals surface area contributed by atoms with Crippen molar-refractivity contribution in [1.29, 1.82) is 5.26 Å². The van der Waals surface area contributed by atoms with Crippen LogP contribution in [-0.4, -0.2) is 8.42 Å². The van der Waals surface area contributed by atoms with Crippen molar-refractivity contribution in [1.82, 2.24) is 0 Å². The van der Waals surface area contributed by atoms with Crippen LogP contribution in [0.25, 0.3) is 0 Å². The Morgan fingerprint density at radius 2 is 1.95 bits per heavy atom. The third-order valence-electron chi connectivity index (χ3n) is 2.53. The van der Waals surface area contributed by atoms with E-state index in [1.54, 1.807) is 0 Å². The number of nitrogens with one attached hydrogen (secondary N) is 1. The highest BCUT2D eigenvalue weighted by molar-refractivity contribution is 9.10. The lowest BCUT2D eigenvalue weighted by atomic mass is 10.2. The highest BCUT2D eigenvalue weighted by atomic mass is 79.9. The topological polar surface area (TPSA) is 70.0 Å². The molecular weight excluding hydrogens is 383 g/mol. The first-order chi connectivity index (χ1) is 9.83. The van der Waals surface area contributed by atoms with Crippen molar-refractivity contribution in [2.45, 2.75) is 4.90 Å². The van der Waals surface area contributed by atoms with Crippen LogP contribution in [0.1, 0.15) is 5.56 Å². The lowest BCUT2D eigenvalue weighted by molar-refractivity contribution is 0.570. The molecule has 2 aromatic carbocycles. The van der Waals surface area contributed by atoms with Crippen LogP contribution in [0.15, 0.2) is 45.8 Å². The Kier molecular flexibility index (Phi) is 4.52. The van der Waals surface area contributed by atoms with Crippen LogP contribution in [0.2, 0.25) is 5.02 Å². The molecule has 0 unspecified atom stereocenters. The second-order valence-electron chi connectivity index (χ2n) is 3.99. The van der Waals surface area contributed by atoms with Crippen molar-refractivity contribution >= 4 is 43.2 Å². The van der Waals surface area contributed by atoms with Gasteiger partial charge < -0.3 is 0 Å². The lowest BCUT2D eigenvalue weighted by Crippen LogP contribution is -2.14. The zero-order valence-corrected chi connectivity index (χ0v) is 13.4. The third kappa shape index (κ3) is 3.53. The molecule has 0 radical (unpaired) electrons. The highest BCUT2D eigenvalue weighted by Gasteiger charge is 2.19. The van der Waals surface area contributed by atoms with Gasteiger partial charge in [-0.05, 0) is 36.4 Å². The summed E-state index contributed by atoms with van der Waals surface area (Å²) < 4.78 is 40.6. The third-order valence-corrected chi connectivity index (χ3v) is 4.75. The Balaban J connectivity index is 2.38. The lowest BCUT2D eigenvalue weighted by Gasteiger charge is -2.09. The van der Waals surface area contributed by atoms with E-state index in [-0.39, 0.29) is 16.3 Å². The highest BCUT2D eigenvalue weighted by Crippen LogP contribution is 2.25. The van der Waals surface area contributed by atoms with E-state index in [1.165, 1.54) is 24.3 Å². The molecule has 0 bridgehead atoms. The normalized spacial score (nSPS) is 11.0. The SMILES string of the molecule is N#Cc1ccc(NS(=O)(=O)c2ccc(Br)cc2F)cc1Cl. The Morgan fingerprint density at radius 1 is 1.24 bits per heavy atom. The molecule has 2 rings (SSSR count). The number of anilines is 1. The molecule has 0 heterocycles. The monoisotopic (exact) mass is 388 g/mol. The van der Waals surface area contributed by atoms with Gasteiger partial charge in [0.1, 0.15) is 16.8 Å². The Labute approximate surface area is 134 Å². The first-order valence-electron chi connectivity index (χ1n) is 5.51. The van der Waals surface area contributed by atoms with Gasteiger partial charge in [-0.1, -0.05) is 27.5 Å². The Bertz CT molecular complexity index is 850. The molecule has 0 saturated heterocycles. The largest absolute Gasteiger partial charge is 0.279 e. The molecule has 0 saturated carbocycles. The number of nitriles is 1. The second-order valence-corrected chi connectivity index (χ2v) is 6.96. The number of nitrogens with zero attached hydrogens (tertiary/aromatic N) is 1. The van der Waals surface area contributed by atoms with Crippen molar-refractivity contribution in [3.05, 3.63) is 57.3 Å². The molecule has 0 fully saturated rings. The second kappa shape index (κ2) is 6.02. The number of hydrogen-bond acceptors (Lipinski definition) is 3. The van der Waals surface area contributed by atoms with Crippen LogP contribution in [0.5, 0.6) is 0 Å². The predicted molar refractivity (Wildman–Crippen MR) is 81.1 cm³/mol. The van der Waals surface area contributed by atoms with Crippen LogP contribution in [-0.2, 0) is 10.0 Å². The average Bonchev–Trinajstić information content (AvgIpc) is 2.37. The smallest absolute Gasteiger partial charge is 0.264 e. The molecule has 0 aromatic heterocycles. The van der Waals surface area contributed by atoms with Crippen LogP contribution in [0, 0.1) is 17.1 Å². The minimum Gasteiger partial charge on any atom is -0.279 e. The average molecular weight is 390 g/mol. The van der Waals surface area contributed by atoms with E-state index < -0.39 is 20.7 Å². The fraction of sp³-hybridized carbons (Fsp3) is 0. The summed E-state index contributed by atoms with van der Waals surface area (Å²) in [5.74, 6) is -0.878. The minimum atomic E-state index is -4.08. The number of halogens is 3. The van der Waals surface area contributed by atoms with Crippen molar-refractivity contribution in [2.75, 3.05) is 4.72 Å². The zero-order chi connectivity index (χ0) is 15.6. The van der Waals surface area contributed by atoms with Crippen LogP contribution >= 0.6 is 27.5 Å². The van der Waals surface area contributed by atoms with E-state index in [1.807, 2.05) is 6.07 Å². The summed E-state index contributed by atoms with van der Waals surface area (Å²) in [6.07, 6.45) is 0. The summed E-state index contributed by atoms with van der Waals surface area (Å²) in [6, 6.07) is 9.51. The first-order valence-corrected chi connectivity index (χ1v) is 8.16. The first kappa shape index (κ1) is 15.8. The maximum Gasteiger partial charge on any atom is 0.264 e. The molecule has 2 aromatic rings. The minimum absolute atomic E-state index is 0.106. The van der Waals surface area contributed by atoms with E-state index in [0.717, 1.165) is 12.1 Å². The molecule has 0 aliphatic heterocycles. The Morgan fingerprint density at radius 3 is 2.52 bits per heavy atom. The summed E-state index contributed by atoms with van der Waals surface area (Å²) in [4.78, 5) is -0.480. The fourth-order valence-electron chi connectivity index (χ4n) is 1.57. The zero-order valence-electron chi connectivity index (χ0n) is 10.3. The standard InChI is InChI=1S/C13H7BrClFN2O2S/c14-9-2-4-13(12(16)5-9)21(19,20)18-10-3-1-8(7-17)11(15)6-10/h1-6,18H. The maximum absolute atomic E-state index is 13.7. The molecule has 0 amide bonds. The fourth-order valence-corrected chi connectivity index (χ4v) is 3.24. The van der Waals surface area contributed by atoms with E-state index >= 15 is 0 Å². The predicted octanol–water partition coefficient (Wildman–Crippen LogP) is 3.91. The van der Waals surface area contributed by atoms with Crippen molar-refractivity contribution in [2.24, 2.45) is 0 Å². The maximum atomic E-state index is 13.7. The van der Waals surface area contributed by atoms with Crippen molar-refractivity contribution < 1.29 is 12.8 Å². The van der Waals surface area contributed by atoms with Crippen LogP contribution in [0.4, 0.5) is 10.1 Å². The number of hydrogen-bond donors (Lipinski definition) is 1. The quantitative estimate of drug-likeness (QED) is 0.865. The van der Waals surface area contributed by atoms with Gasteiger partial charge in [-0.15, -0.1) is 0 Å². The van der Waals surface area contributed by atoms with E-state index in [9.17, 15) is 12.8 Å². The van der Waals surface area contributed by atoms with Gasteiger partial charge in [0.15, 0.2) is 0 Å². The summed E-state index contributed by atoms with van der Waals surface area (Å²) >= 11 is 8.87. The van der Waals surface area contributed by atoms with Gasteiger partial charge in [0.05, 0.1) is 16.3 Å². The van der Waals surface area contributed by atoms with Gasteiger partial charge in [-0.25, -0.2) is 12.8 Å². The molecule has 0 aliphatic carbocycles. The molecule has 0 aliphatic rings. The molecule has 8 heteroatoms. The molecular formula is C13H7BrClFN2O2S. The van der Waals surface area contributed by atoms with Crippen molar-refractivity contribution in [3.8, 4) is 6.07 Å². The van der Waals surface area contributed by atoms with Crippen molar-refractivity contribution in [3.63, 3.8) is 0 Å². The molecule has 0 atom stereocenters.